The van der Waals surface area contributed by atoms with Gasteiger partial charge in [-0.3, -0.25) is 10.1 Å². The van der Waals surface area contributed by atoms with E-state index < -0.39 is 15.1 Å². The Hall–Kier alpha value is -3.17. The lowest BCUT2D eigenvalue weighted by atomic mass is 10.2. The lowest BCUT2D eigenvalue weighted by molar-refractivity contribution is 0.102. The molecule has 0 saturated heterocycles. The van der Waals surface area contributed by atoms with E-state index in [1.807, 2.05) is 18.2 Å². The molecule has 0 fully saturated rings. The van der Waals surface area contributed by atoms with Crippen LogP contribution in [0.2, 0.25) is 0 Å². The number of nitrogens with zero attached hydrogens (tertiary/aromatic N) is 1. The molecule has 0 saturated carbocycles. The van der Waals surface area contributed by atoms with Crippen LogP contribution >= 0.6 is 11.3 Å². The number of nitrogens with one attached hydrogen (secondary N) is 1. The maximum absolute atomic E-state index is 12.5. The molecule has 0 atom stereocenters. The number of sulfone groups is 1. The van der Waals surface area contributed by atoms with Crippen LogP contribution in [0.3, 0.4) is 0 Å². The normalized spacial score (nSPS) is 11.7. The topological polar surface area (TPSA) is 98.5 Å². The Kier molecular flexibility index (Phi) is 5.55. The molecule has 1 N–H and O–H groups in total. The number of thiazole rings is 1. The van der Waals surface area contributed by atoms with Crippen LogP contribution in [0.25, 0.3) is 22.4 Å². The Morgan fingerprint density at radius 2 is 1.87 bits per heavy atom. The summed E-state index contributed by atoms with van der Waals surface area (Å²) < 4.78 is 35.5. The average Bonchev–Trinajstić information content (AvgIpc) is 3.39. The van der Waals surface area contributed by atoms with Crippen molar-refractivity contribution in [2.45, 2.75) is 24.0 Å². The molecule has 0 aliphatic carbocycles. The van der Waals surface area contributed by atoms with Crippen LogP contribution in [-0.2, 0) is 9.84 Å². The lowest BCUT2D eigenvalue weighted by Crippen LogP contribution is -2.15. The van der Waals surface area contributed by atoms with E-state index in [0.717, 1.165) is 5.39 Å². The van der Waals surface area contributed by atoms with E-state index in [4.69, 9.17) is 9.15 Å². The summed E-state index contributed by atoms with van der Waals surface area (Å²) in [6, 6.07) is 13.3. The molecule has 7 nitrogen and oxygen atoms in total. The largest absolute Gasteiger partial charge is 0.497 e. The second-order valence-electron chi connectivity index (χ2n) is 7.12. The van der Waals surface area contributed by atoms with Crippen molar-refractivity contribution in [2.24, 2.45) is 0 Å². The number of rotatable bonds is 6. The van der Waals surface area contributed by atoms with Gasteiger partial charge in [0.1, 0.15) is 17.0 Å². The molecule has 0 bridgehead atoms. The molecule has 0 unspecified atom stereocenters. The van der Waals surface area contributed by atoms with Gasteiger partial charge in [-0.15, -0.1) is 11.3 Å². The van der Waals surface area contributed by atoms with Gasteiger partial charge in [-0.1, -0.05) is 0 Å². The molecular weight excluding hydrogens is 436 g/mol. The van der Waals surface area contributed by atoms with E-state index >= 15 is 0 Å². The Labute approximate surface area is 183 Å². The molecule has 2 aromatic carbocycles. The van der Waals surface area contributed by atoms with Crippen molar-refractivity contribution in [3.8, 4) is 17.2 Å². The molecule has 9 heteroatoms. The van der Waals surface area contributed by atoms with Crippen LogP contribution in [-0.4, -0.2) is 31.7 Å². The Morgan fingerprint density at radius 3 is 2.55 bits per heavy atom. The third-order valence-corrected chi connectivity index (χ3v) is 7.70. The first-order valence-corrected chi connectivity index (χ1v) is 11.9. The number of aromatic nitrogens is 1. The van der Waals surface area contributed by atoms with Crippen molar-refractivity contribution in [1.82, 2.24) is 4.98 Å². The van der Waals surface area contributed by atoms with Crippen molar-refractivity contribution in [3.05, 3.63) is 59.5 Å². The maximum atomic E-state index is 12.5. The predicted octanol–water partition coefficient (Wildman–Crippen LogP) is 5.00. The van der Waals surface area contributed by atoms with Crippen LogP contribution in [0.15, 0.2) is 63.2 Å². The van der Waals surface area contributed by atoms with Crippen LogP contribution in [0.5, 0.6) is 5.75 Å². The Balaban J connectivity index is 1.50. The summed E-state index contributed by atoms with van der Waals surface area (Å²) in [5.41, 5.74) is 1.63. The van der Waals surface area contributed by atoms with Gasteiger partial charge in [-0.25, -0.2) is 13.4 Å². The SMILES string of the molecule is COc1ccc2cc(-c3csc(NC(=O)c4ccc(S(=O)(=O)C(C)C)cc4)n3)oc2c1. The zero-order valence-corrected chi connectivity index (χ0v) is 18.7. The van der Waals surface area contributed by atoms with E-state index in [-0.39, 0.29) is 10.8 Å². The molecule has 4 rings (SSSR count). The molecule has 160 valence electrons. The number of carbonyl (C=O) groups excluding carboxylic acids is 1. The van der Waals surface area contributed by atoms with Crippen LogP contribution in [0.1, 0.15) is 24.2 Å². The fourth-order valence-corrected chi connectivity index (χ4v) is 4.70. The number of ether oxygens (including phenoxy) is 1. The summed E-state index contributed by atoms with van der Waals surface area (Å²) in [6.45, 7) is 3.24. The highest BCUT2D eigenvalue weighted by atomic mass is 32.2. The molecule has 0 spiro atoms. The second-order valence-corrected chi connectivity index (χ2v) is 10.5. The quantitative estimate of drug-likeness (QED) is 0.438. The minimum Gasteiger partial charge on any atom is -0.497 e. The van der Waals surface area contributed by atoms with E-state index in [1.165, 1.54) is 35.6 Å². The van der Waals surface area contributed by atoms with Crippen LogP contribution in [0, 0.1) is 0 Å². The smallest absolute Gasteiger partial charge is 0.257 e. The zero-order valence-electron chi connectivity index (χ0n) is 17.1. The van der Waals surface area contributed by atoms with Gasteiger partial charge in [-0.2, -0.15) is 0 Å². The first-order chi connectivity index (χ1) is 14.8. The number of furan rings is 1. The number of benzene rings is 2. The molecular formula is C22H20N2O5S2. The minimum absolute atomic E-state index is 0.192. The van der Waals surface area contributed by atoms with Gasteiger partial charge in [0.25, 0.3) is 5.91 Å². The predicted molar refractivity (Wildman–Crippen MR) is 121 cm³/mol. The fraction of sp³-hybridized carbons (Fsp3) is 0.182. The van der Waals surface area contributed by atoms with Crippen LogP contribution in [0.4, 0.5) is 5.13 Å². The van der Waals surface area contributed by atoms with Gasteiger partial charge in [-0.05, 0) is 56.3 Å². The van der Waals surface area contributed by atoms with Crippen molar-refractivity contribution in [3.63, 3.8) is 0 Å². The van der Waals surface area contributed by atoms with E-state index in [1.54, 1.807) is 32.4 Å². The summed E-state index contributed by atoms with van der Waals surface area (Å²) in [4.78, 5) is 17.2. The summed E-state index contributed by atoms with van der Waals surface area (Å²) in [6.07, 6.45) is 0. The van der Waals surface area contributed by atoms with E-state index in [0.29, 0.717) is 33.5 Å². The highest BCUT2D eigenvalue weighted by Crippen LogP contribution is 2.32. The summed E-state index contributed by atoms with van der Waals surface area (Å²) >= 11 is 1.27. The summed E-state index contributed by atoms with van der Waals surface area (Å²) in [5.74, 6) is 0.916. The standard InChI is InChI=1S/C22H20N2O5S2/c1-13(2)31(26,27)17-8-5-14(6-9-17)21(25)24-22-23-18(12-30-22)20-10-15-4-7-16(28-3)11-19(15)29-20/h4-13H,1-3H3,(H,23,24,25). The average molecular weight is 457 g/mol. The zero-order chi connectivity index (χ0) is 22.2. The number of hydrogen-bond donors (Lipinski definition) is 1. The number of amides is 1. The van der Waals surface area contributed by atoms with Gasteiger partial charge in [0.2, 0.25) is 0 Å². The number of hydrogen-bond acceptors (Lipinski definition) is 7. The van der Waals surface area contributed by atoms with Gasteiger partial charge in [0, 0.05) is 22.4 Å². The molecule has 0 aliphatic heterocycles. The molecule has 4 aromatic rings. The van der Waals surface area contributed by atoms with Crippen LogP contribution < -0.4 is 10.1 Å². The summed E-state index contributed by atoms with van der Waals surface area (Å²) in [5, 5.41) is 5.34. The lowest BCUT2D eigenvalue weighted by Gasteiger charge is -2.08. The van der Waals surface area contributed by atoms with Crippen molar-refractivity contribution in [1.29, 1.82) is 0 Å². The van der Waals surface area contributed by atoms with Gasteiger partial charge >= 0.3 is 0 Å². The molecule has 0 aliphatic rings. The van der Waals surface area contributed by atoms with Crippen molar-refractivity contribution < 1.29 is 22.4 Å². The van der Waals surface area contributed by atoms with Gasteiger partial charge in [0.05, 0.1) is 17.3 Å². The maximum Gasteiger partial charge on any atom is 0.257 e. The third kappa shape index (κ3) is 4.19. The third-order valence-electron chi connectivity index (χ3n) is 4.77. The fourth-order valence-electron chi connectivity index (χ4n) is 2.95. The molecule has 1 amide bonds. The van der Waals surface area contributed by atoms with E-state index in [9.17, 15) is 13.2 Å². The molecule has 0 radical (unpaired) electrons. The minimum atomic E-state index is -3.38. The Morgan fingerprint density at radius 1 is 1.13 bits per heavy atom. The first kappa shape index (κ1) is 21.1. The number of fused-ring (bicyclic) bond motifs is 1. The monoisotopic (exact) mass is 456 g/mol. The number of methoxy groups -OCH3 is 1. The number of carbonyl (C=O) groups is 1. The molecule has 2 aromatic heterocycles. The van der Waals surface area contributed by atoms with Crippen molar-refractivity contribution in [2.75, 3.05) is 12.4 Å². The molecule has 31 heavy (non-hydrogen) atoms. The molecule has 2 heterocycles. The number of anilines is 1. The van der Waals surface area contributed by atoms with Crippen molar-refractivity contribution >= 4 is 43.2 Å². The summed E-state index contributed by atoms with van der Waals surface area (Å²) in [7, 11) is -1.79. The highest BCUT2D eigenvalue weighted by Gasteiger charge is 2.20. The van der Waals surface area contributed by atoms with Gasteiger partial charge in [0.15, 0.2) is 20.7 Å². The highest BCUT2D eigenvalue weighted by molar-refractivity contribution is 7.92. The second kappa shape index (κ2) is 8.16. The van der Waals surface area contributed by atoms with E-state index in [2.05, 4.69) is 10.3 Å². The van der Waals surface area contributed by atoms with Gasteiger partial charge < -0.3 is 9.15 Å². The Bertz CT molecular complexity index is 1350. The first-order valence-electron chi connectivity index (χ1n) is 9.47.